The SMILES string of the molecule is Cc1ccc(C(C)C)c(SC2=C(O)CC(CCc3ccc4[nH]ccc4c3)(c3ccccc3)OC2=O)c1. The Balaban J connectivity index is 1.47. The Kier molecular flexibility index (Phi) is 6.67. The van der Waals surface area contributed by atoms with Crippen molar-refractivity contribution >= 4 is 28.6 Å². The number of cyclic esters (lactones) is 1. The number of rotatable bonds is 7. The molecule has 0 spiro atoms. The number of fused-ring (bicyclic) bond motifs is 1. The Morgan fingerprint density at radius 2 is 1.86 bits per heavy atom. The van der Waals surface area contributed by atoms with Crippen LogP contribution in [0.3, 0.4) is 0 Å². The zero-order valence-electron chi connectivity index (χ0n) is 20.9. The van der Waals surface area contributed by atoms with E-state index in [4.69, 9.17) is 4.74 Å². The number of aliphatic hydroxyl groups is 1. The predicted octanol–water partition coefficient (Wildman–Crippen LogP) is 7.94. The molecule has 1 unspecified atom stereocenters. The summed E-state index contributed by atoms with van der Waals surface area (Å²) in [4.78, 5) is 17.9. The molecule has 0 amide bonds. The van der Waals surface area contributed by atoms with Gasteiger partial charge in [0.25, 0.3) is 0 Å². The fourth-order valence-corrected chi connectivity index (χ4v) is 6.14. The molecule has 0 radical (unpaired) electrons. The van der Waals surface area contributed by atoms with Gasteiger partial charge in [0, 0.05) is 16.6 Å². The maximum absolute atomic E-state index is 13.5. The molecule has 36 heavy (non-hydrogen) atoms. The van der Waals surface area contributed by atoms with Crippen LogP contribution < -0.4 is 0 Å². The maximum Gasteiger partial charge on any atom is 0.349 e. The Labute approximate surface area is 216 Å². The summed E-state index contributed by atoms with van der Waals surface area (Å²) in [6.07, 6.45) is 3.47. The van der Waals surface area contributed by atoms with E-state index in [1.165, 1.54) is 17.3 Å². The van der Waals surface area contributed by atoms with Crippen molar-refractivity contribution in [2.24, 2.45) is 0 Å². The van der Waals surface area contributed by atoms with Gasteiger partial charge in [0.15, 0.2) is 0 Å². The molecule has 0 bridgehead atoms. The van der Waals surface area contributed by atoms with Crippen molar-refractivity contribution in [3.05, 3.63) is 112 Å². The summed E-state index contributed by atoms with van der Waals surface area (Å²) in [6.45, 7) is 6.30. The first-order chi connectivity index (χ1) is 17.3. The van der Waals surface area contributed by atoms with Gasteiger partial charge in [-0.3, -0.25) is 0 Å². The largest absolute Gasteiger partial charge is 0.511 e. The average molecular weight is 498 g/mol. The van der Waals surface area contributed by atoms with Crippen molar-refractivity contribution < 1.29 is 14.6 Å². The topological polar surface area (TPSA) is 62.3 Å². The molecule has 4 aromatic rings. The van der Waals surface area contributed by atoms with E-state index in [0.717, 1.165) is 32.5 Å². The molecule has 184 valence electrons. The van der Waals surface area contributed by atoms with Crippen LogP contribution in [-0.2, 0) is 21.6 Å². The van der Waals surface area contributed by atoms with Crippen molar-refractivity contribution in [2.45, 2.75) is 56.4 Å². The van der Waals surface area contributed by atoms with Gasteiger partial charge < -0.3 is 14.8 Å². The van der Waals surface area contributed by atoms with Crippen LogP contribution in [-0.4, -0.2) is 16.1 Å². The van der Waals surface area contributed by atoms with Crippen molar-refractivity contribution in [1.82, 2.24) is 4.98 Å². The monoisotopic (exact) mass is 497 g/mol. The van der Waals surface area contributed by atoms with Gasteiger partial charge >= 0.3 is 5.97 Å². The number of ether oxygens (including phenoxy) is 1. The van der Waals surface area contributed by atoms with Gasteiger partial charge in [-0.15, -0.1) is 0 Å². The predicted molar refractivity (Wildman–Crippen MR) is 146 cm³/mol. The zero-order valence-corrected chi connectivity index (χ0v) is 21.7. The standard InChI is InChI=1S/C31H31NO3S/c1-20(2)25-11-9-21(3)17-28(25)36-29-27(33)19-31(35-30(29)34,24-7-5-4-6-8-24)15-13-22-10-12-26-23(18-22)14-16-32-26/h4-12,14,16-18,20,32-33H,13,15,19H2,1-3H3. The lowest BCUT2D eigenvalue weighted by molar-refractivity contribution is -0.160. The van der Waals surface area contributed by atoms with Gasteiger partial charge in [-0.2, -0.15) is 0 Å². The smallest absolute Gasteiger partial charge is 0.349 e. The Morgan fingerprint density at radius 1 is 1.06 bits per heavy atom. The quantitative estimate of drug-likeness (QED) is 0.254. The van der Waals surface area contributed by atoms with Crippen LogP contribution in [0.5, 0.6) is 0 Å². The van der Waals surface area contributed by atoms with Gasteiger partial charge in [0.1, 0.15) is 16.3 Å². The second-order valence-corrected chi connectivity index (χ2v) is 11.0. The van der Waals surface area contributed by atoms with E-state index in [9.17, 15) is 9.90 Å². The molecule has 0 fully saturated rings. The minimum Gasteiger partial charge on any atom is -0.511 e. The number of thioether (sulfide) groups is 1. The first-order valence-corrected chi connectivity index (χ1v) is 13.2. The Morgan fingerprint density at radius 3 is 2.61 bits per heavy atom. The van der Waals surface area contributed by atoms with E-state index in [2.05, 4.69) is 61.3 Å². The van der Waals surface area contributed by atoms with Crippen LogP contribution >= 0.6 is 11.8 Å². The second kappa shape index (κ2) is 9.90. The number of hydrogen-bond donors (Lipinski definition) is 2. The van der Waals surface area contributed by atoms with E-state index in [0.29, 0.717) is 18.8 Å². The molecule has 1 aliphatic rings. The molecule has 0 saturated heterocycles. The van der Waals surface area contributed by atoms with Crippen molar-refractivity contribution in [1.29, 1.82) is 0 Å². The van der Waals surface area contributed by atoms with Crippen molar-refractivity contribution in [3.63, 3.8) is 0 Å². The molecule has 2 N–H and O–H groups in total. The molecular weight excluding hydrogens is 466 g/mol. The second-order valence-electron chi connectivity index (χ2n) is 9.90. The molecule has 3 aromatic carbocycles. The summed E-state index contributed by atoms with van der Waals surface area (Å²) in [7, 11) is 0. The minimum atomic E-state index is -0.924. The number of aliphatic hydroxyl groups excluding tert-OH is 1. The highest BCUT2D eigenvalue weighted by molar-refractivity contribution is 8.04. The van der Waals surface area contributed by atoms with E-state index in [1.54, 1.807) is 0 Å². The third-order valence-corrected chi connectivity index (χ3v) is 8.11. The summed E-state index contributed by atoms with van der Waals surface area (Å²) in [6, 6.07) is 24.5. The third-order valence-electron chi connectivity index (χ3n) is 6.93. The summed E-state index contributed by atoms with van der Waals surface area (Å²) in [5.74, 6) is -0.0708. The van der Waals surface area contributed by atoms with Gasteiger partial charge in [0.2, 0.25) is 0 Å². The van der Waals surface area contributed by atoms with Gasteiger partial charge in [-0.25, -0.2) is 4.79 Å². The summed E-state index contributed by atoms with van der Waals surface area (Å²) in [5.41, 5.74) is 4.50. The molecule has 5 heteroatoms. The van der Waals surface area contributed by atoms with Crippen LogP contribution in [0.2, 0.25) is 0 Å². The van der Waals surface area contributed by atoms with E-state index in [-0.39, 0.29) is 17.1 Å². The van der Waals surface area contributed by atoms with Gasteiger partial charge in [-0.1, -0.05) is 74.1 Å². The number of carbonyl (C=O) groups excluding carboxylic acids is 1. The number of aryl methyl sites for hydroxylation is 2. The number of H-pyrrole nitrogens is 1. The first-order valence-electron chi connectivity index (χ1n) is 12.4. The zero-order chi connectivity index (χ0) is 25.3. The highest BCUT2D eigenvalue weighted by Crippen LogP contribution is 2.46. The lowest BCUT2D eigenvalue weighted by atomic mass is 9.82. The minimum absolute atomic E-state index is 0.0948. The van der Waals surface area contributed by atoms with Gasteiger partial charge in [0.05, 0.1) is 6.42 Å². The van der Waals surface area contributed by atoms with E-state index >= 15 is 0 Å². The highest BCUT2D eigenvalue weighted by atomic mass is 32.2. The number of hydrogen-bond acceptors (Lipinski definition) is 4. The molecule has 1 aromatic heterocycles. The van der Waals surface area contributed by atoms with Crippen LogP contribution in [0.4, 0.5) is 0 Å². The molecule has 2 heterocycles. The van der Waals surface area contributed by atoms with Crippen LogP contribution in [0.25, 0.3) is 10.9 Å². The number of aromatic nitrogens is 1. The molecule has 1 atom stereocenters. The maximum atomic E-state index is 13.5. The molecule has 0 saturated carbocycles. The Hall–Kier alpha value is -3.44. The Bertz CT molecular complexity index is 1440. The highest BCUT2D eigenvalue weighted by Gasteiger charge is 2.43. The van der Waals surface area contributed by atoms with E-state index in [1.807, 2.05) is 43.5 Å². The number of benzene rings is 3. The fourth-order valence-electron chi connectivity index (χ4n) is 4.94. The summed E-state index contributed by atoms with van der Waals surface area (Å²) < 4.78 is 6.26. The molecule has 4 nitrogen and oxygen atoms in total. The summed E-state index contributed by atoms with van der Waals surface area (Å²) >= 11 is 1.31. The molecular formula is C31H31NO3S. The normalized spacial score (nSPS) is 18.2. The van der Waals surface area contributed by atoms with Crippen LogP contribution in [0.1, 0.15) is 54.9 Å². The first kappa shape index (κ1) is 24.3. The number of nitrogens with one attached hydrogen (secondary N) is 1. The lowest BCUT2D eigenvalue weighted by Gasteiger charge is -2.37. The fraction of sp³-hybridized carbons (Fsp3) is 0.258. The van der Waals surface area contributed by atoms with Crippen molar-refractivity contribution in [3.8, 4) is 0 Å². The van der Waals surface area contributed by atoms with E-state index < -0.39 is 11.6 Å². The third kappa shape index (κ3) is 4.80. The molecule has 5 rings (SSSR count). The number of esters is 1. The van der Waals surface area contributed by atoms with Gasteiger partial charge in [-0.05, 0) is 77.6 Å². The number of carbonyl (C=O) groups is 1. The molecule has 0 aliphatic carbocycles. The van der Waals surface area contributed by atoms with Crippen LogP contribution in [0.15, 0.2) is 94.6 Å². The van der Waals surface area contributed by atoms with Crippen molar-refractivity contribution in [2.75, 3.05) is 0 Å². The molecule has 1 aliphatic heterocycles. The summed E-state index contributed by atoms with van der Waals surface area (Å²) in [5, 5.41) is 12.4. The lowest BCUT2D eigenvalue weighted by Crippen LogP contribution is -2.38. The number of aromatic amines is 1. The van der Waals surface area contributed by atoms with Crippen LogP contribution in [0, 0.1) is 6.92 Å². The average Bonchev–Trinajstić information content (AvgIpc) is 3.33.